The van der Waals surface area contributed by atoms with Gasteiger partial charge in [0.15, 0.2) is 0 Å². The maximum absolute atomic E-state index is 3.66. The molecule has 2 unspecified atom stereocenters. The molecule has 0 amide bonds. The highest BCUT2D eigenvalue weighted by Gasteiger charge is 2.27. The molecule has 0 aromatic rings. The third kappa shape index (κ3) is 6.16. The van der Waals surface area contributed by atoms with Gasteiger partial charge >= 0.3 is 0 Å². The Morgan fingerprint density at radius 1 is 1.07 bits per heavy atom. The van der Waals surface area contributed by atoms with E-state index in [2.05, 4.69) is 17.6 Å². The average molecular weight is 214 g/mol. The quantitative estimate of drug-likeness (QED) is 0.755. The monoisotopic (exact) mass is 214 g/mol. The van der Waals surface area contributed by atoms with Crippen LogP contribution < -0.4 is 10.6 Å². The van der Waals surface area contributed by atoms with Crippen LogP contribution in [-0.4, -0.2) is 25.2 Å². The minimum absolute atomic E-state index is 0.734. The molecule has 1 saturated carbocycles. The van der Waals surface area contributed by atoms with Gasteiger partial charge in [-0.3, -0.25) is 0 Å². The molecule has 2 heteroatoms. The molecule has 2 fully saturated rings. The molecule has 1 heterocycles. The van der Waals surface area contributed by atoms with Crippen molar-refractivity contribution in [3.05, 3.63) is 0 Å². The Balaban J connectivity index is 0.000000442. The fraction of sp³-hybridized carbons (Fsp3) is 1.00. The van der Waals surface area contributed by atoms with Crippen LogP contribution in [0.1, 0.15) is 53.9 Å². The molecule has 2 rings (SSSR count). The summed E-state index contributed by atoms with van der Waals surface area (Å²) in [6, 6.07) is 1.60. The molecular formula is C13H30N2. The Morgan fingerprint density at radius 2 is 1.67 bits per heavy atom. The van der Waals surface area contributed by atoms with Gasteiger partial charge in [0.05, 0.1) is 0 Å². The molecular weight excluding hydrogens is 184 g/mol. The summed E-state index contributed by atoms with van der Waals surface area (Å²) in [5.74, 6) is 0.885. The fourth-order valence-corrected chi connectivity index (χ4v) is 1.86. The van der Waals surface area contributed by atoms with Gasteiger partial charge in [0.25, 0.3) is 0 Å². The van der Waals surface area contributed by atoms with Crippen LogP contribution in [0.3, 0.4) is 0 Å². The van der Waals surface area contributed by atoms with Crippen LogP contribution in [0.2, 0.25) is 0 Å². The highest BCUT2D eigenvalue weighted by atomic mass is 15.0. The highest BCUT2D eigenvalue weighted by Crippen LogP contribution is 2.22. The van der Waals surface area contributed by atoms with Gasteiger partial charge in [0, 0.05) is 12.1 Å². The van der Waals surface area contributed by atoms with E-state index in [4.69, 9.17) is 0 Å². The van der Waals surface area contributed by atoms with E-state index in [1.807, 2.05) is 27.7 Å². The molecule has 0 aromatic heterocycles. The second-order valence-corrected chi connectivity index (χ2v) is 3.98. The van der Waals surface area contributed by atoms with Crippen molar-refractivity contribution in [3.63, 3.8) is 0 Å². The Bertz CT molecular complexity index is 126. The maximum Gasteiger partial charge on any atom is 0.00821 e. The minimum Gasteiger partial charge on any atom is -0.316 e. The van der Waals surface area contributed by atoms with Crippen molar-refractivity contribution in [2.45, 2.75) is 66.0 Å². The molecule has 2 atom stereocenters. The van der Waals surface area contributed by atoms with Gasteiger partial charge in [-0.25, -0.2) is 0 Å². The SMILES string of the molecule is CC.CC.CC(NC1CC1)C1CCNC1. The Hall–Kier alpha value is -0.0800. The average Bonchev–Trinajstić information content (AvgIpc) is 2.95. The van der Waals surface area contributed by atoms with Crippen molar-refractivity contribution in [2.75, 3.05) is 13.1 Å². The molecule has 2 N–H and O–H groups in total. The lowest BCUT2D eigenvalue weighted by molar-refractivity contribution is 0.397. The van der Waals surface area contributed by atoms with E-state index in [-0.39, 0.29) is 0 Å². The van der Waals surface area contributed by atoms with Crippen molar-refractivity contribution < 1.29 is 0 Å². The van der Waals surface area contributed by atoms with Crippen molar-refractivity contribution in [1.82, 2.24) is 10.6 Å². The molecule has 0 spiro atoms. The van der Waals surface area contributed by atoms with E-state index in [1.165, 1.54) is 32.4 Å². The normalized spacial score (nSPS) is 25.8. The Kier molecular flexibility index (Phi) is 9.12. The van der Waals surface area contributed by atoms with Crippen molar-refractivity contribution >= 4 is 0 Å². The van der Waals surface area contributed by atoms with Gasteiger partial charge < -0.3 is 10.6 Å². The lowest BCUT2D eigenvalue weighted by Gasteiger charge is -2.19. The van der Waals surface area contributed by atoms with E-state index < -0.39 is 0 Å². The first kappa shape index (κ1) is 14.9. The van der Waals surface area contributed by atoms with Gasteiger partial charge in [-0.05, 0) is 45.2 Å². The molecule has 0 aromatic carbocycles. The van der Waals surface area contributed by atoms with Gasteiger partial charge in [0.1, 0.15) is 0 Å². The van der Waals surface area contributed by atoms with E-state index in [1.54, 1.807) is 0 Å². The summed E-state index contributed by atoms with van der Waals surface area (Å²) in [6.07, 6.45) is 4.18. The number of rotatable bonds is 3. The standard InChI is InChI=1S/C9H18N2.2C2H6/c1-7(11-9-2-3-9)8-4-5-10-6-8;2*1-2/h7-11H,2-6H2,1H3;2*1-2H3. The van der Waals surface area contributed by atoms with E-state index in [9.17, 15) is 0 Å². The van der Waals surface area contributed by atoms with Gasteiger partial charge in [-0.2, -0.15) is 0 Å². The largest absolute Gasteiger partial charge is 0.316 e. The molecule has 15 heavy (non-hydrogen) atoms. The van der Waals surface area contributed by atoms with E-state index in [0.717, 1.165) is 18.0 Å². The lowest BCUT2D eigenvalue weighted by Crippen LogP contribution is -2.35. The van der Waals surface area contributed by atoms with Crippen molar-refractivity contribution in [3.8, 4) is 0 Å². The van der Waals surface area contributed by atoms with Crippen LogP contribution in [0.5, 0.6) is 0 Å². The van der Waals surface area contributed by atoms with Crippen LogP contribution in [0.15, 0.2) is 0 Å². The molecule has 1 aliphatic heterocycles. The first-order chi connectivity index (χ1) is 7.36. The minimum atomic E-state index is 0.734. The van der Waals surface area contributed by atoms with Crippen LogP contribution >= 0.6 is 0 Å². The van der Waals surface area contributed by atoms with Gasteiger partial charge in [-0.15, -0.1) is 0 Å². The second kappa shape index (κ2) is 9.17. The summed E-state index contributed by atoms with van der Waals surface area (Å²) in [5, 5.41) is 7.06. The van der Waals surface area contributed by atoms with E-state index in [0.29, 0.717) is 0 Å². The number of hydrogen-bond acceptors (Lipinski definition) is 2. The maximum atomic E-state index is 3.66. The molecule has 1 saturated heterocycles. The fourth-order valence-electron chi connectivity index (χ4n) is 1.86. The van der Waals surface area contributed by atoms with Crippen LogP contribution in [0.4, 0.5) is 0 Å². The topological polar surface area (TPSA) is 24.1 Å². The molecule has 92 valence electrons. The molecule has 2 aliphatic rings. The summed E-state index contributed by atoms with van der Waals surface area (Å²) >= 11 is 0. The lowest BCUT2D eigenvalue weighted by atomic mass is 10.0. The molecule has 2 nitrogen and oxygen atoms in total. The zero-order chi connectivity index (χ0) is 11.7. The van der Waals surface area contributed by atoms with Crippen LogP contribution in [-0.2, 0) is 0 Å². The highest BCUT2D eigenvalue weighted by molar-refractivity contribution is 4.88. The third-order valence-electron chi connectivity index (χ3n) is 2.88. The summed E-state index contributed by atoms with van der Waals surface area (Å²) in [7, 11) is 0. The Labute approximate surface area is 96.2 Å². The third-order valence-corrected chi connectivity index (χ3v) is 2.88. The summed E-state index contributed by atoms with van der Waals surface area (Å²) < 4.78 is 0. The zero-order valence-electron chi connectivity index (χ0n) is 11.3. The predicted octanol–water partition coefficient (Wildman–Crippen LogP) is 2.79. The molecule has 1 aliphatic carbocycles. The molecule has 0 radical (unpaired) electrons. The first-order valence-corrected chi connectivity index (χ1v) is 6.83. The number of nitrogens with one attached hydrogen (secondary N) is 2. The Morgan fingerprint density at radius 3 is 2.07 bits per heavy atom. The smallest absolute Gasteiger partial charge is 0.00821 e. The predicted molar refractivity (Wildman–Crippen MR) is 69.3 cm³/mol. The van der Waals surface area contributed by atoms with Gasteiger partial charge in [-0.1, -0.05) is 27.7 Å². The first-order valence-electron chi connectivity index (χ1n) is 6.83. The summed E-state index contributed by atoms with van der Waals surface area (Å²) in [5.41, 5.74) is 0. The van der Waals surface area contributed by atoms with Crippen LogP contribution in [0, 0.1) is 5.92 Å². The second-order valence-electron chi connectivity index (χ2n) is 3.98. The van der Waals surface area contributed by atoms with Crippen molar-refractivity contribution in [2.24, 2.45) is 5.92 Å². The van der Waals surface area contributed by atoms with E-state index >= 15 is 0 Å². The summed E-state index contributed by atoms with van der Waals surface area (Å²) in [6.45, 7) is 12.8. The van der Waals surface area contributed by atoms with Gasteiger partial charge in [0.2, 0.25) is 0 Å². The summed E-state index contributed by atoms with van der Waals surface area (Å²) in [4.78, 5) is 0. The zero-order valence-corrected chi connectivity index (χ0v) is 11.3. The van der Waals surface area contributed by atoms with Crippen LogP contribution in [0.25, 0.3) is 0 Å². The van der Waals surface area contributed by atoms with Crippen molar-refractivity contribution in [1.29, 1.82) is 0 Å². The molecule has 0 bridgehead atoms. The number of hydrogen-bond donors (Lipinski definition) is 2.